The van der Waals surface area contributed by atoms with Crippen LogP contribution in [0, 0.1) is 6.92 Å². The minimum absolute atomic E-state index is 1.07. The van der Waals surface area contributed by atoms with E-state index in [9.17, 15) is 0 Å². The highest BCUT2D eigenvalue weighted by Gasteiger charge is 2.12. The third-order valence-electron chi connectivity index (χ3n) is 2.17. The Bertz CT molecular complexity index is 251. The van der Waals surface area contributed by atoms with Crippen LogP contribution in [0.4, 0.5) is 5.13 Å². The van der Waals surface area contributed by atoms with Crippen molar-refractivity contribution in [1.82, 2.24) is 4.98 Å². The average Bonchev–Trinajstić information content (AvgIpc) is 2.54. The maximum Gasteiger partial charge on any atom is 0.185 e. The Morgan fingerprint density at radius 3 is 2.67 bits per heavy atom. The number of hydrogen-bond acceptors (Lipinski definition) is 3. The lowest BCUT2D eigenvalue weighted by Gasteiger charge is -2.25. The monoisotopic (exact) mass is 181 g/mol. The van der Waals surface area contributed by atoms with Gasteiger partial charge in [-0.3, -0.25) is 0 Å². The molecule has 0 bridgehead atoms. The molecule has 0 aliphatic carbocycles. The van der Waals surface area contributed by atoms with Crippen molar-refractivity contribution in [1.29, 1.82) is 0 Å². The van der Waals surface area contributed by atoms with Crippen molar-refractivity contribution in [3.05, 3.63) is 18.0 Å². The van der Waals surface area contributed by atoms with Gasteiger partial charge in [0.25, 0.3) is 0 Å². The fourth-order valence-electron chi connectivity index (χ4n) is 1.53. The lowest BCUT2D eigenvalue weighted by Crippen LogP contribution is -2.29. The van der Waals surface area contributed by atoms with E-state index in [1.165, 1.54) is 32.4 Å². The van der Waals surface area contributed by atoms with Gasteiger partial charge in [-0.15, -0.1) is 11.3 Å². The van der Waals surface area contributed by atoms with Crippen LogP contribution in [0.5, 0.6) is 0 Å². The van der Waals surface area contributed by atoms with E-state index in [0.717, 1.165) is 10.0 Å². The molecule has 1 aromatic heterocycles. The normalized spacial score (nSPS) is 18.2. The predicted molar refractivity (Wildman–Crippen MR) is 52.6 cm³/mol. The number of rotatable bonds is 1. The molecule has 0 saturated carbocycles. The van der Waals surface area contributed by atoms with Gasteiger partial charge in [-0.2, -0.15) is 0 Å². The summed E-state index contributed by atoms with van der Waals surface area (Å²) in [5.41, 5.74) is 0. The zero-order valence-electron chi connectivity index (χ0n) is 7.12. The topological polar surface area (TPSA) is 16.1 Å². The summed E-state index contributed by atoms with van der Waals surface area (Å²) in [6.07, 6.45) is 5.85. The third kappa shape index (κ3) is 1.61. The number of anilines is 1. The van der Waals surface area contributed by atoms with Crippen molar-refractivity contribution < 1.29 is 0 Å². The molecular weight excluding hydrogens is 168 g/mol. The molecule has 2 nitrogen and oxygen atoms in total. The highest BCUT2D eigenvalue weighted by molar-refractivity contribution is 7.15. The second kappa shape index (κ2) is 3.44. The molecule has 1 saturated heterocycles. The molecule has 2 rings (SSSR count). The third-order valence-corrected chi connectivity index (χ3v) is 3.08. The Labute approximate surface area is 77.2 Å². The van der Waals surface area contributed by atoms with Crippen LogP contribution in [0.15, 0.2) is 6.20 Å². The summed E-state index contributed by atoms with van der Waals surface area (Å²) in [5, 5.41) is 1.15. The van der Waals surface area contributed by atoms with Gasteiger partial charge in [0.05, 0.1) is 0 Å². The molecule has 2 heterocycles. The Kier molecular flexibility index (Phi) is 2.30. The van der Waals surface area contributed by atoms with E-state index in [0.29, 0.717) is 0 Å². The zero-order valence-corrected chi connectivity index (χ0v) is 7.94. The van der Waals surface area contributed by atoms with Gasteiger partial charge >= 0.3 is 0 Å². The number of hydrogen-bond donors (Lipinski definition) is 0. The van der Waals surface area contributed by atoms with Crippen molar-refractivity contribution in [2.24, 2.45) is 0 Å². The second-order valence-electron chi connectivity index (χ2n) is 3.16. The van der Waals surface area contributed by atoms with E-state index in [-0.39, 0.29) is 0 Å². The summed E-state index contributed by atoms with van der Waals surface area (Å²) >= 11 is 1.70. The predicted octanol–water partition coefficient (Wildman–Crippen LogP) is 2.32. The Hall–Kier alpha value is -0.570. The standard InChI is InChI=1S/C9H13N2S/c1-8-7-10-9(12-8)11-5-3-2-4-6-11/h7H,1-6H2. The van der Waals surface area contributed by atoms with Crippen LogP contribution >= 0.6 is 11.3 Å². The smallest absolute Gasteiger partial charge is 0.185 e. The fourth-order valence-corrected chi connectivity index (χ4v) is 2.29. The van der Waals surface area contributed by atoms with Gasteiger partial charge in [0, 0.05) is 24.2 Å². The summed E-state index contributed by atoms with van der Waals surface area (Å²) in [4.78, 5) is 7.75. The molecule has 0 amide bonds. The van der Waals surface area contributed by atoms with Gasteiger partial charge in [-0.05, 0) is 26.2 Å². The molecular formula is C9H13N2S. The molecule has 0 unspecified atom stereocenters. The fraction of sp³-hybridized carbons (Fsp3) is 0.556. The van der Waals surface area contributed by atoms with Crippen molar-refractivity contribution in [2.75, 3.05) is 18.0 Å². The molecule has 65 valence electrons. The summed E-state index contributed by atoms with van der Waals surface area (Å²) in [6.45, 7) is 6.21. The van der Waals surface area contributed by atoms with Gasteiger partial charge in [0.2, 0.25) is 0 Å². The van der Waals surface area contributed by atoms with Crippen LogP contribution in [0.1, 0.15) is 24.1 Å². The molecule has 0 atom stereocenters. The first-order valence-electron chi connectivity index (χ1n) is 4.39. The minimum Gasteiger partial charge on any atom is -0.348 e. The second-order valence-corrected chi connectivity index (χ2v) is 4.25. The summed E-state index contributed by atoms with van der Waals surface area (Å²) in [5.74, 6) is 0. The SMILES string of the molecule is [CH2]c1cnc(N2CCCCC2)s1. The van der Waals surface area contributed by atoms with Crippen LogP contribution in [-0.4, -0.2) is 18.1 Å². The Morgan fingerprint density at radius 1 is 1.33 bits per heavy atom. The van der Waals surface area contributed by atoms with E-state index < -0.39 is 0 Å². The van der Waals surface area contributed by atoms with Crippen LogP contribution in [0.2, 0.25) is 0 Å². The van der Waals surface area contributed by atoms with Crippen molar-refractivity contribution >= 4 is 16.5 Å². The van der Waals surface area contributed by atoms with Gasteiger partial charge in [-0.25, -0.2) is 4.98 Å². The molecule has 0 spiro atoms. The van der Waals surface area contributed by atoms with Gasteiger partial charge in [-0.1, -0.05) is 0 Å². The van der Waals surface area contributed by atoms with E-state index in [4.69, 9.17) is 0 Å². The maximum atomic E-state index is 4.32. The van der Waals surface area contributed by atoms with Crippen molar-refractivity contribution in [3.8, 4) is 0 Å². The van der Waals surface area contributed by atoms with Crippen LogP contribution in [0.3, 0.4) is 0 Å². The van der Waals surface area contributed by atoms with Crippen LogP contribution in [-0.2, 0) is 0 Å². The van der Waals surface area contributed by atoms with Gasteiger partial charge in [0.15, 0.2) is 5.13 Å². The molecule has 1 radical (unpaired) electrons. The first-order valence-corrected chi connectivity index (χ1v) is 5.20. The highest BCUT2D eigenvalue weighted by atomic mass is 32.1. The molecule has 0 N–H and O–H groups in total. The zero-order chi connectivity index (χ0) is 8.39. The number of aromatic nitrogens is 1. The van der Waals surface area contributed by atoms with E-state index in [1.807, 2.05) is 6.20 Å². The average molecular weight is 181 g/mol. The quantitative estimate of drug-likeness (QED) is 0.661. The Balaban J connectivity index is 2.08. The van der Waals surface area contributed by atoms with Crippen LogP contribution < -0.4 is 4.90 Å². The van der Waals surface area contributed by atoms with Gasteiger partial charge in [0.1, 0.15) is 0 Å². The van der Waals surface area contributed by atoms with E-state index in [2.05, 4.69) is 16.8 Å². The number of nitrogens with zero attached hydrogens (tertiary/aromatic N) is 2. The van der Waals surface area contributed by atoms with Gasteiger partial charge < -0.3 is 4.90 Å². The largest absolute Gasteiger partial charge is 0.348 e. The van der Waals surface area contributed by atoms with Crippen molar-refractivity contribution in [3.63, 3.8) is 0 Å². The minimum atomic E-state index is 1.07. The van der Waals surface area contributed by atoms with E-state index in [1.54, 1.807) is 11.3 Å². The summed E-state index contributed by atoms with van der Waals surface area (Å²) in [7, 11) is 0. The molecule has 1 fully saturated rings. The lowest BCUT2D eigenvalue weighted by molar-refractivity contribution is 0.577. The molecule has 3 heteroatoms. The maximum absolute atomic E-state index is 4.32. The Morgan fingerprint density at radius 2 is 2.08 bits per heavy atom. The van der Waals surface area contributed by atoms with E-state index >= 15 is 0 Å². The summed E-state index contributed by atoms with van der Waals surface area (Å²) < 4.78 is 0. The number of thiazole rings is 1. The molecule has 1 aliphatic heterocycles. The summed E-state index contributed by atoms with van der Waals surface area (Å²) in [6, 6.07) is 0. The lowest BCUT2D eigenvalue weighted by atomic mass is 10.1. The van der Waals surface area contributed by atoms with Crippen molar-refractivity contribution in [2.45, 2.75) is 19.3 Å². The van der Waals surface area contributed by atoms with Crippen LogP contribution in [0.25, 0.3) is 0 Å². The molecule has 1 aromatic rings. The number of piperidine rings is 1. The molecule has 0 aromatic carbocycles. The molecule has 1 aliphatic rings. The molecule has 12 heavy (non-hydrogen) atoms. The first kappa shape index (κ1) is 8.05. The highest BCUT2D eigenvalue weighted by Crippen LogP contribution is 2.24. The first-order chi connectivity index (χ1) is 5.86.